The van der Waals surface area contributed by atoms with E-state index in [1.165, 1.54) is 0 Å². The van der Waals surface area contributed by atoms with Gasteiger partial charge in [-0.3, -0.25) is 4.98 Å². The molecule has 2 aromatic rings. The SMILES string of the molecule is FC1(c2ccc3cccnc3c2)CCCNCC1. The molecule has 0 spiro atoms. The number of rotatable bonds is 1. The van der Waals surface area contributed by atoms with Gasteiger partial charge in [-0.25, -0.2) is 4.39 Å². The molecule has 0 bridgehead atoms. The maximum absolute atomic E-state index is 15.0. The standard InChI is InChI=1S/C15H17FN2/c16-15(6-2-8-17-10-7-15)13-5-4-12-3-1-9-18-14(12)11-13/h1,3-5,9,11,17H,2,6-8,10H2. The lowest BCUT2D eigenvalue weighted by Crippen LogP contribution is -2.22. The second-order valence-electron chi connectivity index (χ2n) is 4.98. The highest BCUT2D eigenvalue weighted by Crippen LogP contribution is 2.36. The van der Waals surface area contributed by atoms with Crippen LogP contribution in [0.4, 0.5) is 4.39 Å². The number of alkyl halides is 1. The van der Waals surface area contributed by atoms with E-state index in [0.717, 1.165) is 36.0 Å². The number of fused-ring (bicyclic) bond motifs is 1. The van der Waals surface area contributed by atoms with Gasteiger partial charge in [-0.15, -0.1) is 0 Å². The Bertz CT molecular complexity index is 545. The number of nitrogens with one attached hydrogen (secondary N) is 1. The van der Waals surface area contributed by atoms with Crippen molar-refractivity contribution >= 4 is 10.9 Å². The molecule has 1 unspecified atom stereocenters. The molecule has 1 aliphatic heterocycles. The van der Waals surface area contributed by atoms with Crippen LogP contribution in [0.1, 0.15) is 24.8 Å². The maximum atomic E-state index is 15.0. The fourth-order valence-electron chi connectivity index (χ4n) is 2.66. The molecule has 1 aliphatic rings. The van der Waals surface area contributed by atoms with E-state index in [9.17, 15) is 0 Å². The van der Waals surface area contributed by atoms with Crippen molar-refractivity contribution < 1.29 is 4.39 Å². The third-order valence-corrected chi connectivity index (χ3v) is 3.75. The fourth-order valence-corrected chi connectivity index (χ4v) is 2.66. The summed E-state index contributed by atoms with van der Waals surface area (Å²) in [5.74, 6) is 0. The molecular formula is C15H17FN2. The molecule has 2 nitrogen and oxygen atoms in total. The highest BCUT2D eigenvalue weighted by Gasteiger charge is 2.32. The molecular weight excluding hydrogens is 227 g/mol. The summed E-state index contributed by atoms with van der Waals surface area (Å²) in [7, 11) is 0. The van der Waals surface area contributed by atoms with Crippen LogP contribution in [0, 0.1) is 0 Å². The van der Waals surface area contributed by atoms with Gasteiger partial charge in [-0.05, 0) is 50.0 Å². The molecule has 0 saturated carbocycles. The first kappa shape index (κ1) is 11.6. The van der Waals surface area contributed by atoms with Crippen molar-refractivity contribution in [2.45, 2.75) is 24.9 Å². The van der Waals surface area contributed by atoms with E-state index >= 15 is 4.39 Å². The third kappa shape index (κ3) is 2.10. The molecule has 1 atom stereocenters. The zero-order valence-corrected chi connectivity index (χ0v) is 10.3. The predicted octanol–water partition coefficient (Wildman–Crippen LogP) is 3.17. The zero-order chi connectivity index (χ0) is 12.4. The van der Waals surface area contributed by atoms with E-state index in [-0.39, 0.29) is 0 Å². The molecule has 1 saturated heterocycles. The Kier molecular flexibility index (Phi) is 3.00. The molecule has 1 N–H and O–H groups in total. The van der Waals surface area contributed by atoms with Crippen molar-refractivity contribution in [3.05, 3.63) is 42.1 Å². The average Bonchev–Trinajstić information content (AvgIpc) is 2.64. The highest BCUT2D eigenvalue weighted by molar-refractivity contribution is 5.79. The molecule has 0 aliphatic carbocycles. The molecule has 1 aromatic heterocycles. The topological polar surface area (TPSA) is 24.9 Å². The molecule has 1 fully saturated rings. The van der Waals surface area contributed by atoms with E-state index < -0.39 is 5.67 Å². The Morgan fingerprint density at radius 2 is 2.11 bits per heavy atom. The van der Waals surface area contributed by atoms with Crippen molar-refractivity contribution in [3.63, 3.8) is 0 Å². The third-order valence-electron chi connectivity index (χ3n) is 3.75. The van der Waals surface area contributed by atoms with Crippen LogP contribution in [-0.4, -0.2) is 18.1 Å². The molecule has 0 amide bonds. The minimum absolute atomic E-state index is 0.547. The van der Waals surface area contributed by atoms with Crippen molar-refractivity contribution in [2.24, 2.45) is 0 Å². The smallest absolute Gasteiger partial charge is 0.137 e. The van der Waals surface area contributed by atoms with Gasteiger partial charge >= 0.3 is 0 Å². The summed E-state index contributed by atoms with van der Waals surface area (Å²) < 4.78 is 15.0. The Labute approximate surface area is 106 Å². The van der Waals surface area contributed by atoms with Gasteiger partial charge in [0.05, 0.1) is 5.52 Å². The van der Waals surface area contributed by atoms with Gasteiger partial charge in [0, 0.05) is 11.6 Å². The molecule has 3 heteroatoms. The van der Waals surface area contributed by atoms with Gasteiger partial charge in [0.25, 0.3) is 0 Å². The van der Waals surface area contributed by atoms with Crippen LogP contribution < -0.4 is 5.32 Å². The summed E-state index contributed by atoms with van der Waals surface area (Å²) in [6, 6.07) is 9.70. The van der Waals surface area contributed by atoms with E-state index in [1.54, 1.807) is 6.20 Å². The summed E-state index contributed by atoms with van der Waals surface area (Å²) in [5.41, 5.74) is 0.455. The molecule has 3 rings (SSSR count). The lowest BCUT2D eigenvalue weighted by molar-refractivity contribution is 0.145. The highest BCUT2D eigenvalue weighted by atomic mass is 19.1. The first-order valence-electron chi connectivity index (χ1n) is 6.53. The second-order valence-corrected chi connectivity index (χ2v) is 4.98. The molecule has 2 heterocycles. The van der Waals surface area contributed by atoms with Gasteiger partial charge in [0.2, 0.25) is 0 Å². The summed E-state index contributed by atoms with van der Waals surface area (Å²) >= 11 is 0. The minimum Gasteiger partial charge on any atom is -0.317 e. The van der Waals surface area contributed by atoms with Gasteiger partial charge < -0.3 is 5.32 Å². The molecule has 0 radical (unpaired) electrons. The van der Waals surface area contributed by atoms with E-state index in [0.29, 0.717) is 12.8 Å². The summed E-state index contributed by atoms with van der Waals surface area (Å²) in [5, 5.41) is 4.32. The predicted molar refractivity (Wildman–Crippen MR) is 71.2 cm³/mol. The van der Waals surface area contributed by atoms with Crippen molar-refractivity contribution in [2.75, 3.05) is 13.1 Å². The van der Waals surface area contributed by atoms with Crippen LogP contribution in [0.2, 0.25) is 0 Å². The number of aromatic nitrogens is 1. The van der Waals surface area contributed by atoms with Crippen molar-refractivity contribution in [1.29, 1.82) is 0 Å². The lowest BCUT2D eigenvalue weighted by atomic mass is 9.88. The van der Waals surface area contributed by atoms with Crippen LogP contribution in [0.5, 0.6) is 0 Å². The lowest BCUT2D eigenvalue weighted by Gasteiger charge is -2.24. The van der Waals surface area contributed by atoms with E-state index in [2.05, 4.69) is 10.3 Å². The van der Waals surface area contributed by atoms with Crippen molar-refractivity contribution in [3.8, 4) is 0 Å². The zero-order valence-electron chi connectivity index (χ0n) is 10.3. The van der Waals surface area contributed by atoms with Gasteiger partial charge in [-0.2, -0.15) is 0 Å². The van der Waals surface area contributed by atoms with Gasteiger partial charge in [0.15, 0.2) is 0 Å². The number of hydrogen-bond donors (Lipinski definition) is 1. The van der Waals surface area contributed by atoms with Gasteiger partial charge in [0.1, 0.15) is 5.67 Å². The Balaban J connectivity index is 2.02. The van der Waals surface area contributed by atoms with Crippen LogP contribution in [0.3, 0.4) is 0 Å². The maximum Gasteiger partial charge on any atom is 0.137 e. The number of halogens is 1. The number of hydrogen-bond acceptors (Lipinski definition) is 2. The first-order valence-corrected chi connectivity index (χ1v) is 6.53. The van der Waals surface area contributed by atoms with E-state index in [1.807, 2.05) is 30.3 Å². The normalized spacial score (nSPS) is 24.9. The summed E-state index contributed by atoms with van der Waals surface area (Å²) in [6.07, 6.45) is 3.78. The van der Waals surface area contributed by atoms with Crippen LogP contribution >= 0.6 is 0 Å². The van der Waals surface area contributed by atoms with Gasteiger partial charge in [-0.1, -0.05) is 18.2 Å². The Morgan fingerprint density at radius 3 is 3.06 bits per heavy atom. The molecule has 1 aromatic carbocycles. The summed E-state index contributed by atoms with van der Waals surface area (Å²) in [6.45, 7) is 1.66. The largest absolute Gasteiger partial charge is 0.317 e. The monoisotopic (exact) mass is 244 g/mol. The number of pyridine rings is 1. The number of benzene rings is 1. The fraction of sp³-hybridized carbons (Fsp3) is 0.400. The molecule has 18 heavy (non-hydrogen) atoms. The van der Waals surface area contributed by atoms with Crippen LogP contribution in [0.15, 0.2) is 36.5 Å². The average molecular weight is 244 g/mol. The van der Waals surface area contributed by atoms with Crippen LogP contribution in [0.25, 0.3) is 10.9 Å². The quantitative estimate of drug-likeness (QED) is 0.833. The Morgan fingerprint density at radius 1 is 1.17 bits per heavy atom. The minimum atomic E-state index is -1.20. The van der Waals surface area contributed by atoms with Crippen LogP contribution in [-0.2, 0) is 5.67 Å². The van der Waals surface area contributed by atoms with Crippen molar-refractivity contribution in [1.82, 2.24) is 10.3 Å². The first-order chi connectivity index (χ1) is 8.78. The summed E-state index contributed by atoms with van der Waals surface area (Å²) in [4.78, 5) is 4.31. The Hall–Kier alpha value is -1.48. The number of nitrogens with zero attached hydrogens (tertiary/aromatic N) is 1. The molecule has 94 valence electrons. The van der Waals surface area contributed by atoms with E-state index in [4.69, 9.17) is 0 Å². The second kappa shape index (κ2) is 4.65.